The normalized spacial score (nSPS) is 14.8. The van der Waals surface area contributed by atoms with E-state index in [1.807, 2.05) is 0 Å². The molecule has 1 aromatic heterocycles. The number of hydrogen-bond donors (Lipinski definition) is 2. The second-order valence-electron chi connectivity index (χ2n) is 3.51. The quantitative estimate of drug-likeness (QED) is 0.632. The molecule has 0 amide bonds. The zero-order valence-corrected chi connectivity index (χ0v) is 7.52. The average molecular weight is 170 g/mol. The third-order valence-electron chi connectivity index (χ3n) is 1.73. The van der Waals surface area contributed by atoms with Gasteiger partial charge >= 0.3 is 0 Å². The van der Waals surface area contributed by atoms with E-state index in [9.17, 15) is 5.11 Å². The molecule has 1 atom stereocenters. The van der Waals surface area contributed by atoms with Crippen LogP contribution in [0.1, 0.15) is 25.6 Å². The largest absolute Gasteiger partial charge is 0.385 e. The standard InChI is InChI=1S/C7H14N4O/c1-7(2,8)6(12)5-4-9-10-11(5)3/h4,6,12H,8H2,1-3H3. The van der Waals surface area contributed by atoms with Crippen molar-refractivity contribution in [1.82, 2.24) is 15.0 Å². The number of aryl methyl sites for hydroxylation is 1. The Labute approximate surface area is 71.2 Å². The zero-order chi connectivity index (χ0) is 9.35. The lowest BCUT2D eigenvalue weighted by Crippen LogP contribution is -2.40. The fourth-order valence-corrected chi connectivity index (χ4v) is 0.926. The highest BCUT2D eigenvalue weighted by Crippen LogP contribution is 2.21. The van der Waals surface area contributed by atoms with Gasteiger partial charge in [0, 0.05) is 12.6 Å². The van der Waals surface area contributed by atoms with Crippen LogP contribution in [0.25, 0.3) is 0 Å². The van der Waals surface area contributed by atoms with Crippen molar-refractivity contribution in [2.75, 3.05) is 0 Å². The van der Waals surface area contributed by atoms with Gasteiger partial charge in [0.2, 0.25) is 0 Å². The molecule has 0 aliphatic carbocycles. The van der Waals surface area contributed by atoms with Crippen LogP contribution in [0.2, 0.25) is 0 Å². The molecule has 1 aromatic rings. The molecule has 1 unspecified atom stereocenters. The van der Waals surface area contributed by atoms with Gasteiger partial charge in [0.05, 0.1) is 11.9 Å². The van der Waals surface area contributed by atoms with Gasteiger partial charge < -0.3 is 10.8 Å². The molecule has 3 N–H and O–H groups in total. The Kier molecular flexibility index (Phi) is 2.16. The summed E-state index contributed by atoms with van der Waals surface area (Å²) in [7, 11) is 1.72. The summed E-state index contributed by atoms with van der Waals surface area (Å²) < 4.78 is 1.51. The van der Waals surface area contributed by atoms with Crippen molar-refractivity contribution < 1.29 is 5.11 Å². The number of rotatable bonds is 2. The highest BCUT2D eigenvalue weighted by molar-refractivity contribution is 5.05. The molecule has 0 spiro atoms. The monoisotopic (exact) mass is 170 g/mol. The Bertz CT molecular complexity index is 263. The van der Waals surface area contributed by atoms with Crippen molar-refractivity contribution in [3.63, 3.8) is 0 Å². The van der Waals surface area contributed by atoms with E-state index in [-0.39, 0.29) is 0 Å². The van der Waals surface area contributed by atoms with E-state index in [0.717, 1.165) is 0 Å². The van der Waals surface area contributed by atoms with Crippen molar-refractivity contribution in [3.05, 3.63) is 11.9 Å². The summed E-state index contributed by atoms with van der Waals surface area (Å²) >= 11 is 0. The molecule has 1 rings (SSSR count). The van der Waals surface area contributed by atoms with Crippen LogP contribution in [0.15, 0.2) is 6.20 Å². The summed E-state index contributed by atoms with van der Waals surface area (Å²) in [5, 5.41) is 17.1. The van der Waals surface area contributed by atoms with Crippen LogP contribution in [0.5, 0.6) is 0 Å². The second kappa shape index (κ2) is 2.84. The van der Waals surface area contributed by atoms with Crippen LogP contribution in [-0.2, 0) is 7.05 Å². The fraction of sp³-hybridized carbons (Fsp3) is 0.714. The number of aliphatic hydroxyl groups excluding tert-OH is 1. The number of nitrogens with zero attached hydrogens (tertiary/aromatic N) is 3. The molecule has 5 heteroatoms. The molecule has 5 nitrogen and oxygen atoms in total. The first kappa shape index (κ1) is 9.15. The van der Waals surface area contributed by atoms with Crippen molar-refractivity contribution in [2.24, 2.45) is 12.8 Å². The summed E-state index contributed by atoms with van der Waals surface area (Å²) in [6.45, 7) is 3.51. The molecular weight excluding hydrogens is 156 g/mol. The summed E-state index contributed by atoms with van der Waals surface area (Å²) in [6.07, 6.45) is 0.775. The predicted octanol–water partition coefficient (Wildman–Crippen LogP) is -0.414. The Morgan fingerprint density at radius 1 is 1.67 bits per heavy atom. The molecule has 68 valence electrons. The minimum atomic E-state index is -0.738. The first-order valence-electron chi connectivity index (χ1n) is 3.74. The molecule has 12 heavy (non-hydrogen) atoms. The zero-order valence-electron chi connectivity index (χ0n) is 7.52. The van der Waals surface area contributed by atoms with Crippen molar-refractivity contribution in [1.29, 1.82) is 0 Å². The van der Waals surface area contributed by atoms with Gasteiger partial charge in [-0.1, -0.05) is 5.21 Å². The van der Waals surface area contributed by atoms with Crippen LogP contribution < -0.4 is 5.73 Å². The Morgan fingerprint density at radius 3 is 2.58 bits per heavy atom. The van der Waals surface area contributed by atoms with Crippen LogP contribution in [0.3, 0.4) is 0 Å². The fourth-order valence-electron chi connectivity index (χ4n) is 0.926. The molecule has 0 aromatic carbocycles. The van der Waals surface area contributed by atoms with Crippen LogP contribution >= 0.6 is 0 Å². The minimum absolute atomic E-state index is 0.627. The molecule has 0 radical (unpaired) electrons. The number of hydrogen-bond acceptors (Lipinski definition) is 4. The SMILES string of the molecule is Cn1nncc1C(O)C(C)(C)N. The molecule has 1 heterocycles. The summed E-state index contributed by atoms with van der Waals surface area (Å²) in [5.41, 5.74) is 5.68. The van der Waals surface area contributed by atoms with Gasteiger partial charge in [-0.2, -0.15) is 0 Å². The van der Waals surface area contributed by atoms with Gasteiger partial charge in [-0.25, -0.2) is 4.68 Å². The first-order chi connectivity index (χ1) is 5.43. The van der Waals surface area contributed by atoms with E-state index >= 15 is 0 Å². The van der Waals surface area contributed by atoms with Crippen LogP contribution in [0, 0.1) is 0 Å². The number of aromatic nitrogens is 3. The summed E-state index contributed by atoms with van der Waals surface area (Å²) in [4.78, 5) is 0. The van der Waals surface area contributed by atoms with Gasteiger partial charge in [0.25, 0.3) is 0 Å². The molecular formula is C7H14N4O. The van der Waals surface area contributed by atoms with Crippen molar-refractivity contribution >= 4 is 0 Å². The maximum absolute atomic E-state index is 9.70. The highest BCUT2D eigenvalue weighted by Gasteiger charge is 2.26. The molecule has 0 aliphatic heterocycles. The Morgan fingerprint density at radius 2 is 2.25 bits per heavy atom. The summed E-state index contributed by atoms with van der Waals surface area (Å²) in [6, 6.07) is 0. The van der Waals surface area contributed by atoms with Gasteiger partial charge in [0.1, 0.15) is 6.10 Å². The first-order valence-corrected chi connectivity index (χ1v) is 3.74. The minimum Gasteiger partial charge on any atom is -0.385 e. The average Bonchev–Trinajstić information content (AvgIpc) is 2.31. The van der Waals surface area contributed by atoms with Gasteiger partial charge in [0.15, 0.2) is 0 Å². The third kappa shape index (κ3) is 1.62. The number of nitrogens with two attached hydrogens (primary N) is 1. The van der Waals surface area contributed by atoms with E-state index in [0.29, 0.717) is 5.69 Å². The van der Waals surface area contributed by atoms with Crippen LogP contribution in [-0.4, -0.2) is 25.6 Å². The van der Waals surface area contributed by atoms with Crippen molar-refractivity contribution in [2.45, 2.75) is 25.5 Å². The second-order valence-corrected chi connectivity index (χ2v) is 3.51. The maximum Gasteiger partial charge on any atom is 0.115 e. The smallest absolute Gasteiger partial charge is 0.115 e. The van der Waals surface area contributed by atoms with Gasteiger partial charge in [-0.3, -0.25) is 0 Å². The lowest BCUT2D eigenvalue weighted by molar-refractivity contribution is 0.0965. The van der Waals surface area contributed by atoms with E-state index < -0.39 is 11.6 Å². The maximum atomic E-state index is 9.70. The number of aliphatic hydroxyl groups is 1. The van der Waals surface area contributed by atoms with E-state index in [2.05, 4.69) is 10.3 Å². The Balaban J connectivity index is 2.92. The lowest BCUT2D eigenvalue weighted by atomic mass is 9.97. The predicted molar refractivity (Wildman–Crippen MR) is 44.2 cm³/mol. The molecule has 0 fully saturated rings. The van der Waals surface area contributed by atoms with Gasteiger partial charge in [-0.15, -0.1) is 5.10 Å². The van der Waals surface area contributed by atoms with E-state index in [1.165, 1.54) is 10.9 Å². The lowest BCUT2D eigenvalue weighted by Gasteiger charge is -2.25. The Hall–Kier alpha value is -0.940. The molecule has 0 aliphatic rings. The summed E-state index contributed by atoms with van der Waals surface area (Å²) in [5.74, 6) is 0. The topological polar surface area (TPSA) is 77.0 Å². The molecule has 0 saturated heterocycles. The van der Waals surface area contributed by atoms with E-state index in [1.54, 1.807) is 20.9 Å². The molecule has 0 saturated carbocycles. The van der Waals surface area contributed by atoms with Crippen molar-refractivity contribution in [3.8, 4) is 0 Å². The highest BCUT2D eigenvalue weighted by atomic mass is 16.3. The molecule has 0 bridgehead atoms. The van der Waals surface area contributed by atoms with Crippen LogP contribution in [0.4, 0.5) is 0 Å². The van der Waals surface area contributed by atoms with E-state index in [4.69, 9.17) is 5.73 Å². The van der Waals surface area contributed by atoms with Gasteiger partial charge in [-0.05, 0) is 13.8 Å². The third-order valence-corrected chi connectivity index (χ3v) is 1.73.